The van der Waals surface area contributed by atoms with E-state index in [2.05, 4.69) is 29.4 Å². The number of rotatable bonds is 11. The maximum atomic E-state index is 13.3. The third kappa shape index (κ3) is 8.55. The maximum Gasteiger partial charge on any atom is 0.407 e. The molecule has 9 heteroatoms. The molecule has 5 N–H and O–H groups in total. The molecule has 2 aliphatic carbocycles. The number of amides is 2. The largest absolute Gasteiger partial charge is 0.450 e. The lowest BCUT2D eigenvalue weighted by Gasteiger charge is -2.41. The van der Waals surface area contributed by atoms with Crippen LogP contribution in [-0.4, -0.2) is 59.5 Å². The summed E-state index contributed by atoms with van der Waals surface area (Å²) in [5, 5.41) is 14.0. The van der Waals surface area contributed by atoms with Crippen LogP contribution in [0.5, 0.6) is 0 Å². The fourth-order valence-electron chi connectivity index (χ4n) is 6.71. The average Bonchev–Trinajstić information content (AvgIpc) is 3.39. The van der Waals surface area contributed by atoms with Crippen LogP contribution in [0.1, 0.15) is 104 Å². The monoisotopic (exact) mass is 549 g/mol. The molecule has 8 nitrogen and oxygen atoms in total. The Balaban J connectivity index is 1.64. The normalized spacial score (nSPS) is 25.4. The molecule has 0 aromatic carbocycles. The highest BCUT2D eigenvalue weighted by molar-refractivity contribution is 7.80. The molecule has 3 aliphatic rings. The molecule has 0 radical (unpaired) electrons. The van der Waals surface area contributed by atoms with E-state index in [1.807, 2.05) is 6.92 Å². The van der Waals surface area contributed by atoms with Crippen LogP contribution in [0.25, 0.3) is 0 Å². The molecule has 3 rings (SSSR count). The third-order valence-corrected chi connectivity index (χ3v) is 9.43. The molecule has 2 saturated carbocycles. The SMILES string of the molecule is CCCOC(=O)N[C@H](C(=S)N1CCC[C@H]1C(=O)NCC1CCC(C(=N)N)CC1)C(C)(C)CC1CCCCC1. The first-order chi connectivity index (χ1) is 18.1. The van der Waals surface area contributed by atoms with Gasteiger partial charge < -0.3 is 26.0 Å². The van der Waals surface area contributed by atoms with Crippen molar-refractivity contribution in [2.24, 2.45) is 28.9 Å². The fourth-order valence-corrected chi connectivity index (χ4v) is 7.30. The van der Waals surface area contributed by atoms with E-state index >= 15 is 0 Å². The van der Waals surface area contributed by atoms with Gasteiger partial charge in [-0.05, 0) is 68.6 Å². The number of amidine groups is 1. The number of hydrogen-bond donors (Lipinski definition) is 4. The smallest absolute Gasteiger partial charge is 0.407 e. The molecule has 1 heterocycles. The molecule has 1 saturated heterocycles. The minimum absolute atomic E-state index is 0.0240. The Bertz CT molecular complexity index is 821. The molecule has 2 amide bonds. The van der Waals surface area contributed by atoms with Crippen molar-refractivity contribution in [3.05, 3.63) is 0 Å². The van der Waals surface area contributed by atoms with Crippen molar-refractivity contribution in [1.82, 2.24) is 15.5 Å². The van der Waals surface area contributed by atoms with Gasteiger partial charge in [0.15, 0.2) is 0 Å². The van der Waals surface area contributed by atoms with Gasteiger partial charge in [-0.1, -0.05) is 65.1 Å². The highest BCUT2D eigenvalue weighted by Gasteiger charge is 2.42. The van der Waals surface area contributed by atoms with E-state index < -0.39 is 6.09 Å². The van der Waals surface area contributed by atoms with Crippen molar-refractivity contribution in [2.45, 2.75) is 116 Å². The third-order valence-electron chi connectivity index (χ3n) is 8.96. The number of nitrogens with zero attached hydrogens (tertiary/aromatic N) is 1. The van der Waals surface area contributed by atoms with Crippen LogP contribution in [0, 0.1) is 28.6 Å². The molecule has 0 unspecified atom stereocenters. The molecule has 0 spiro atoms. The van der Waals surface area contributed by atoms with Crippen molar-refractivity contribution < 1.29 is 14.3 Å². The summed E-state index contributed by atoms with van der Waals surface area (Å²) in [6.45, 7) is 8.12. The molecular weight excluding hydrogens is 498 g/mol. The zero-order chi connectivity index (χ0) is 27.7. The number of alkyl carbamates (subject to hydrolysis) is 1. The number of likely N-dealkylation sites (tertiary alicyclic amines) is 1. The second-order valence-electron chi connectivity index (χ2n) is 12.5. The average molecular weight is 550 g/mol. The van der Waals surface area contributed by atoms with Crippen molar-refractivity contribution in [1.29, 1.82) is 5.41 Å². The van der Waals surface area contributed by atoms with Gasteiger partial charge >= 0.3 is 6.09 Å². The molecule has 2 atom stereocenters. The summed E-state index contributed by atoms with van der Waals surface area (Å²) >= 11 is 6.07. The van der Waals surface area contributed by atoms with Gasteiger partial charge in [0.1, 0.15) is 11.0 Å². The van der Waals surface area contributed by atoms with Crippen molar-refractivity contribution >= 4 is 35.0 Å². The van der Waals surface area contributed by atoms with Gasteiger partial charge in [-0.15, -0.1) is 0 Å². The van der Waals surface area contributed by atoms with Crippen LogP contribution in [0.3, 0.4) is 0 Å². The Kier molecular flexibility index (Phi) is 11.7. The van der Waals surface area contributed by atoms with Crippen LogP contribution in [0.15, 0.2) is 0 Å². The summed E-state index contributed by atoms with van der Waals surface area (Å²) in [4.78, 5) is 28.8. The summed E-state index contributed by atoms with van der Waals surface area (Å²) in [6, 6.07) is -0.684. The van der Waals surface area contributed by atoms with Crippen molar-refractivity contribution in [3.63, 3.8) is 0 Å². The van der Waals surface area contributed by atoms with E-state index in [9.17, 15) is 9.59 Å². The number of nitrogens with one attached hydrogen (secondary N) is 3. The standard InChI is InChI=1S/C29H51N5O3S/c1-4-17-37-28(36)33-24(29(2,3)18-20-9-6-5-7-10-20)27(38)34-16-8-11-23(34)26(35)32-19-21-12-14-22(15-13-21)25(30)31/h20-24H,4-19H2,1-3H3,(H3,30,31)(H,32,35)(H,33,36)/t21?,22?,23-,24+/m0/s1. The number of carbonyl (C=O) groups is 2. The maximum absolute atomic E-state index is 13.3. The van der Waals surface area contributed by atoms with E-state index in [1.165, 1.54) is 32.1 Å². The van der Waals surface area contributed by atoms with E-state index in [0.717, 1.165) is 57.9 Å². The van der Waals surface area contributed by atoms with Crippen LogP contribution in [0.2, 0.25) is 0 Å². The van der Waals surface area contributed by atoms with E-state index in [4.69, 9.17) is 28.1 Å². The van der Waals surface area contributed by atoms with E-state index in [0.29, 0.717) is 30.0 Å². The van der Waals surface area contributed by atoms with Gasteiger partial charge in [-0.2, -0.15) is 0 Å². The number of thiocarbonyl (C=S) groups is 1. The second kappa shape index (κ2) is 14.5. The summed E-state index contributed by atoms with van der Waals surface area (Å²) < 4.78 is 5.39. The second-order valence-corrected chi connectivity index (χ2v) is 12.9. The quantitative estimate of drug-likeness (QED) is 0.161. The lowest BCUT2D eigenvalue weighted by molar-refractivity contribution is -0.124. The van der Waals surface area contributed by atoms with Gasteiger partial charge in [0.25, 0.3) is 0 Å². The van der Waals surface area contributed by atoms with Crippen molar-refractivity contribution in [3.8, 4) is 0 Å². The van der Waals surface area contributed by atoms with Crippen LogP contribution in [-0.2, 0) is 9.53 Å². The molecule has 0 aromatic heterocycles. The van der Waals surface area contributed by atoms with Crippen molar-refractivity contribution in [2.75, 3.05) is 19.7 Å². The molecule has 3 fully saturated rings. The number of hydrogen-bond acceptors (Lipinski definition) is 5. The molecule has 216 valence electrons. The highest BCUT2D eigenvalue weighted by Crippen LogP contribution is 2.38. The minimum atomic E-state index is -0.433. The van der Waals surface area contributed by atoms with Crippen LogP contribution in [0.4, 0.5) is 4.79 Å². The van der Waals surface area contributed by atoms with E-state index in [1.54, 1.807) is 0 Å². The lowest BCUT2D eigenvalue weighted by Crippen LogP contribution is -2.58. The predicted octanol–water partition coefficient (Wildman–Crippen LogP) is 5.14. The number of ether oxygens (including phenoxy) is 1. The van der Waals surface area contributed by atoms with Gasteiger partial charge in [0.2, 0.25) is 5.91 Å². The summed E-state index contributed by atoms with van der Waals surface area (Å²) in [5.41, 5.74) is 5.42. The first-order valence-corrected chi connectivity index (χ1v) is 15.4. The van der Waals surface area contributed by atoms with Crippen LogP contribution >= 0.6 is 12.2 Å². The molecular formula is C29H51N5O3S. The molecule has 38 heavy (non-hydrogen) atoms. The van der Waals surface area contributed by atoms with Gasteiger partial charge in [0.05, 0.1) is 18.5 Å². The first kappa shape index (κ1) is 30.6. The molecule has 1 aliphatic heterocycles. The highest BCUT2D eigenvalue weighted by atomic mass is 32.1. The molecule has 0 aromatic rings. The number of carbonyl (C=O) groups excluding carboxylic acids is 2. The molecule has 0 bridgehead atoms. The predicted molar refractivity (Wildman–Crippen MR) is 156 cm³/mol. The number of nitrogens with two attached hydrogens (primary N) is 1. The zero-order valence-corrected chi connectivity index (χ0v) is 24.7. The Hall–Kier alpha value is -1.90. The Morgan fingerprint density at radius 1 is 1.05 bits per heavy atom. The van der Waals surface area contributed by atoms with Crippen LogP contribution < -0.4 is 16.4 Å². The Labute approximate surface area is 235 Å². The lowest BCUT2D eigenvalue weighted by atomic mass is 9.72. The van der Waals surface area contributed by atoms with Gasteiger partial charge in [-0.3, -0.25) is 10.2 Å². The Morgan fingerprint density at radius 3 is 2.37 bits per heavy atom. The summed E-state index contributed by atoms with van der Waals surface area (Å²) in [7, 11) is 0. The topological polar surface area (TPSA) is 121 Å². The van der Waals surface area contributed by atoms with Gasteiger partial charge in [0, 0.05) is 19.0 Å². The zero-order valence-electron chi connectivity index (χ0n) is 23.9. The van der Waals surface area contributed by atoms with Gasteiger partial charge in [-0.25, -0.2) is 4.79 Å². The Morgan fingerprint density at radius 2 is 1.74 bits per heavy atom. The first-order valence-electron chi connectivity index (χ1n) is 15.0. The summed E-state index contributed by atoms with van der Waals surface area (Å²) in [5.74, 6) is 1.56. The minimum Gasteiger partial charge on any atom is -0.450 e. The summed E-state index contributed by atoms with van der Waals surface area (Å²) in [6.07, 6.45) is 13.1. The fraction of sp³-hybridized carbons (Fsp3) is 0.862. The van der Waals surface area contributed by atoms with E-state index in [-0.39, 0.29) is 35.2 Å².